The molecule has 7 nitrogen and oxygen atoms in total. The summed E-state index contributed by atoms with van der Waals surface area (Å²) in [4.78, 5) is 11.1. The van der Waals surface area contributed by atoms with E-state index in [4.69, 9.17) is 4.55 Å². The maximum absolute atomic E-state index is 12.7. The number of methoxy groups -OCH3 is 1. The van der Waals surface area contributed by atoms with Gasteiger partial charge in [0.05, 0.1) is 25.2 Å². The summed E-state index contributed by atoms with van der Waals surface area (Å²) in [6.07, 6.45) is -1.24. The topological polar surface area (TPSA) is 99.1 Å². The molecule has 1 N–H and O–H groups in total. The Kier molecular flexibility index (Phi) is 7.05. The molecule has 0 saturated carbocycles. The second kappa shape index (κ2) is 7.48. The molecule has 0 atom stereocenters. The number of carbonyl (C=O) groups excluding carboxylic acids is 1. The Morgan fingerprint density at radius 3 is 2.47 bits per heavy atom. The molecular weight excluding hydrogens is 290 g/mol. The molecule has 0 bridgehead atoms. The third-order valence-electron chi connectivity index (χ3n) is 1.79. The summed E-state index contributed by atoms with van der Waals surface area (Å²) in [6, 6.07) is 0. The molecule has 0 saturated heterocycles. The fraction of sp³-hybridized carbons (Fsp3) is 0.667. The molecule has 0 fully saturated rings. The van der Waals surface area contributed by atoms with Crippen molar-refractivity contribution in [2.24, 2.45) is 0 Å². The van der Waals surface area contributed by atoms with E-state index in [1.54, 1.807) is 0 Å². The molecule has 0 spiro atoms. The number of ether oxygens (including phenoxy) is 3. The van der Waals surface area contributed by atoms with Crippen molar-refractivity contribution in [3.63, 3.8) is 0 Å². The summed E-state index contributed by atoms with van der Waals surface area (Å²) in [5, 5.41) is -4.30. The van der Waals surface area contributed by atoms with E-state index in [9.17, 15) is 22.0 Å². The van der Waals surface area contributed by atoms with Crippen LogP contribution in [-0.2, 0) is 29.1 Å². The van der Waals surface area contributed by atoms with E-state index in [0.717, 1.165) is 0 Å². The van der Waals surface area contributed by atoms with E-state index in [1.165, 1.54) is 7.11 Å². The van der Waals surface area contributed by atoms with Crippen molar-refractivity contribution in [2.75, 3.05) is 27.1 Å². The van der Waals surface area contributed by atoms with Gasteiger partial charge in [-0.3, -0.25) is 4.55 Å². The number of hydrogen-bond acceptors (Lipinski definition) is 6. The molecule has 10 heteroatoms. The zero-order chi connectivity index (χ0) is 15.1. The standard InChI is InChI=1S/C9H14F2O7S/c1-7(8(12)18-6-16-2)5-17-4-3-9(10,11)19(13,14)15/h1,3-6H2,2H3,(H,13,14,15). The van der Waals surface area contributed by atoms with Crippen LogP contribution < -0.4 is 0 Å². The molecule has 0 aromatic heterocycles. The van der Waals surface area contributed by atoms with Crippen LogP contribution in [0.25, 0.3) is 0 Å². The minimum atomic E-state index is -5.48. The van der Waals surface area contributed by atoms with E-state index >= 15 is 0 Å². The predicted molar refractivity (Wildman–Crippen MR) is 59.0 cm³/mol. The van der Waals surface area contributed by atoms with E-state index < -0.39 is 41.0 Å². The first-order valence-corrected chi connectivity index (χ1v) is 6.32. The minimum Gasteiger partial charge on any atom is -0.435 e. The van der Waals surface area contributed by atoms with Gasteiger partial charge in [0.2, 0.25) is 0 Å². The van der Waals surface area contributed by atoms with E-state index in [1.807, 2.05) is 0 Å². The number of esters is 1. The maximum Gasteiger partial charge on any atom is 0.372 e. The third-order valence-corrected chi connectivity index (χ3v) is 2.75. The first-order chi connectivity index (χ1) is 8.62. The summed E-state index contributed by atoms with van der Waals surface area (Å²) in [5.41, 5.74) is -0.146. The average Bonchev–Trinajstić information content (AvgIpc) is 2.29. The molecule has 0 aliphatic carbocycles. The first kappa shape index (κ1) is 17.9. The van der Waals surface area contributed by atoms with Gasteiger partial charge in [0.15, 0.2) is 6.79 Å². The molecule has 0 unspecified atom stereocenters. The normalized spacial score (nSPS) is 12.2. The first-order valence-electron chi connectivity index (χ1n) is 4.88. The molecule has 0 aliphatic rings. The lowest BCUT2D eigenvalue weighted by Crippen LogP contribution is -2.29. The smallest absolute Gasteiger partial charge is 0.372 e. The van der Waals surface area contributed by atoms with Gasteiger partial charge in [-0.25, -0.2) is 4.79 Å². The molecule has 0 heterocycles. The lowest BCUT2D eigenvalue weighted by Gasteiger charge is -2.13. The van der Waals surface area contributed by atoms with Crippen LogP contribution in [0.1, 0.15) is 6.42 Å². The minimum absolute atomic E-state index is 0.146. The highest BCUT2D eigenvalue weighted by Gasteiger charge is 2.43. The Hall–Kier alpha value is -1.10. The van der Waals surface area contributed by atoms with E-state index in [2.05, 4.69) is 20.8 Å². The average molecular weight is 304 g/mol. The molecule has 0 rings (SSSR count). The van der Waals surface area contributed by atoms with Gasteiger partial charge in [-0.15, -0.1) is 0 Å². The van der Waals surface area contributed by atoms with Crippen molar-refractivity contribution >= 4 is 16.1 Å². The monoisotopic (exact) mass is 304 g/mol. The summed E-state index contributed by atoms with van der Waals surface area (Å²) < 4.78 is 67.7. The third kappa shape index (κ3) is 6.57. The van der Waals surface area contributed by atoms with Gasteiger partial charge < -0.3 is 14.2 Å². The lowest BCUT2D eigenvalue weighted by atomic mass is 10.3. The van der Waals surface area contributed by atoms with Gasteiger partial charge in [0, 0.05) is 7.11 Å². The second-order valence-corrected chi connectivity index (χ2v) is 4.90. The predicted octanol–water partition coefficient (Wildman–Crippen LogP) is 0.577. The molecular formula is C9H14F2O7S. The van der Waals surface area contributed by atoms with E-state index in [0.29, 0.717) is 0 Å². The zero-order valence-electron chi connectivity index (χ0n) is 10.1. The van der Waals surface area contributed by atoms with Crippen molar-refractivity contribution in [1.82, 2.24) is 0 Å². The summed E-state index contributed by atoms with van der Waals surface area (Å²) >= 11 is 0. The van der Waals surface area contributed by atoms with Crippen LogP contribution in [0, 0.1) is 0 Å². The molecule has 0 radical (unpaired) electrons. The molecule has 0 aromatic carbocycles. The van der Waals surface area contributed by atoms with Crippen LogP contribution in [0.2, 0.25) is 0 Å². The summed E-state index contributed by atoms with van der Waals surface area (Å²) in [5.74, 6) is -0.830. The number of rotatable bonds is 9. The van der Waals surface area contributed by atoms with Crippen molar-refractivity contribution < 1.29 is 40.8 Å². The Morgan fingerprint density at radius 1 is 1.42 bits per heavy atom. The van der Waals surface area contributed by atoms with Crippen LogP contribution in [0.5, 0.6) is 0 Å². The van der Waals surface area contributed by atoms with Crippen LogP contribution >= 0.6 is 0 Å². The number of alkyl halides is 2. The molecule has 0 aliphatic heterocycles. The SMILES string of the molecule is C=C(COCCC(F)(F)S(=O)(=O)O)C(=O)OCOC. The van der Waals surface area contributed by atoms with Gasteiger partial charge in [0.25, 0.3) is 0 Å². The Bertz CT molecular complexity index is 418. The van der Waals surface area contributed by atoms with E-state index in [-0.39, 0.29) is 12.4 Å². The number of hydrogen-bond donors (Lipinski definition) is 1. The van der Waals surface area contributed by atoms with Crippen LogP contribution in [-0.4, -0.2) is 51.3 Å². The van der Waals surface area contributed by atoms with Gasteiger partial charge >= 0.3 is 21.3 Å². The molecule has 19 heavy (non-hydrogen) atoms. The van der Waals surface area contributed by atoms with Gasteiger partial charge in [-0.05, 0) is 0 Å². The Morgan fingerprint density at radius 2 is 2.00 bits per heavy atom. The van der Waals surface area contributed by atoms with Crippen molar-refractivity contribution in [3.05, 3.63) is 12.2 Å². The largest absolute Gasteiger partial charge is 0.435 e. The highest BCUT2D eigenvalue weighted by Crippen LogP contribution is 2.24. The fourth-order valence-corrected chi connectivity index (χ4v) is 1.13. The quantitative estimate of drug-likeness (QED) is 0.219. The van der Waals surface area contributed by atoms with Crippen molar-refractivity contribution in [1.29, 1.82) is 0 Å². The number of carbonyl (C=O) groups is 1. The summed E-state index contributed by atoms with van der Waals surface area (Å²) in [6.45, 7) is 1.88. The summed E-state index contributed by atoms with van der Waals surface area (Å²) in [7, 11) is -4.18. The Balaban J connectivity index is 3.99. The van der Waals surface area contributed by atoms with Gasteiger partial charge in [0.1, 0.15) is 0 Å². The highest BCUT2D eigenvalue weighted by atomic mass is 32.2. The van der Waals surface area contributed by atoms with Crippen LogP contribution in [0.4, 0.5) is 8.78 Å². The van der Waals surface area contributed by atoms with Crippen molar-refractivity contribution in [3.8, 4) is 0 Å². The highest BCUT2D eigenvalue weighted by molar-refractivity contribution is 7.86. The molecule has 0 amide bonds. The number of halogens is 2. The Labute approximate surface area is 108 Å². The van der Waals surface area contributed by atoms with Crippen LogP contribution in [0.15, 0.2) is 12.2 Å². The molecule has 0 aromatic rings. The lowest BCUT2D eigenvalue weighted by molar-refractivity contribution is -0.149. The molecule has 112 valence electrons. The maximum atomic E-state index is 12.7. The van der Waals surface area contributed by atoms with Gasteiger partial charge in [-0.1, -0.05) is 6.58 Å². The second-order valence-electron chi connectivity index (χ2n) is 3.36. The van der Waals surface area contributed by atoms with Crippen LogP contribution in [0.3, 0.4) is 0 Å². The van der Waals surface area contributed by atoms with Gasteiger partial charge in [-0.2, -0.15) is 17.2 Å². The zero-order valence-corrected chi connectivity index (χ0v) is 10.9. The fourth-order valence-electron chi connectivity index (χ4n) is 0.789. The van der Waals surface area contributed by atoms with Crippen molar-refractivity contribution in [2.45, 2.75) is 11.7 Å².